The van der Waals surface area contributed by atoms with Crippen molar-refractivity contribution in [2.24, 2.45) is 5.92 Å². The maximum atomic E-state index is 14.7. The predicted molar refractivity (Wildman–Crippen MR) is 121 cm³/mol. The lowest BCUT2D eigenvalue weighted by atomic mass is 9.97. The van der Waals surface area contributed by atoms with E-state index in [1.54, 1.807) is 39.9 Å². The van der Waals surface area contributed by atoms with E-state index in [0.717, 1.165) is 6.20 Å². The van der Waals surface area contributed by atoms with Crippen LogP contribution in [0.5, 0.6) is 0 Å². The van der Waals surface area contributed by atoms with Crippen LogP contribution in [0.3, 0.4) is 0 Å². The lowest BCUT2D eigenvalue weighted by Crippen LogP contribution is -2.37. The number of hydrogen-bond acceptors (Lipinski definition) is 8. The third-order valence-corrected chi connectivity index (χ3v) is 6.04. The van der Waals surface area contributed by atoms with Crippen molar-refractivity contribution < 1.29 is 22.8 Å². The van der Waals surface area contributed by atoms with Crippen molar-refractivity contribution in [1.29, 1.82) is 0 Å². The number of methoxy groups -OCH3 is 1. The average Bonchev–Trinajstić information content (AvgIpc) is 3.56. The Hall–Kier alpha value is -4.15. The van der Waals surface area contributed by atoms with E-state index in [-0.39, 0.29) is 35.9 Å². The Morgan fingerprint density at radius 1 is 1.14 bits per heavy atom. The van der Waals surface area contributed by atoms with Crippen LogP contribution in [0.2, 0.25) is 0 Å². The van der Waals surface area contributed by atoms with Crippen LogP contribution in [0.15, 0.2) is 53.4 Å². The highest BCUT2D eigenvalue weighted by atomic mass is 19.1. The minimum absolute atomic E-state index is 0.143. The molecule has 35 heavy (non-hydrogen) atoms. The largest absolute Gasteiger partial charge is 0.469 e. The van der Waals surface area contributed by atoms with Crippen molar-refractivity contribution in [3.63, 3.8) is 0 Å². The number of nitrogens with zero attached hydrogens (tertiary/aromatic N) is 6. The van der Waals surface area contributed by atoms with Crippen LogP contribution in [0.25, 0.3) is 22.9 Å². The average molecular weight is 480 g/mol. The van der Waals surface area contributed by atoms with Crippen molar-refractivity contribution >= 4 is 11.8 Å². The Morgan fingerprint density at radius 2 is 1.94 bits per heavy atom. The van der Waals surface area contributed by atoms with Crippen LogP contribution in [-0.4, -0.2) is 51.1 Å². The number of piperidine rings is 1. The molecule has 3 aromatic heterocycles. The fourth-order valence-corrected chi connectivity index (χ4v) is 4.18. The maximum Gasteiger partial charge on any atom is 0.308 e. The monoisotopic (exact) mass is 480 g/mol. The number of carbonyl (C=O) groups is 1. The molecule has 9 nitrogen and oxygen atoms in total. The normalized spacial score (nSPS) is 14.3. The second-order valence-corrected chi connectivity index (χ2v) is 8.20. The van der Waals surface area contributed by atoms with Gasteiger partial charge in [-0.2, -0.15) is 5.10 Å². The number of halogens is 2. The summed E-state index contributed by atoms with van der Waals surface area (Å²) in [6, 6.07) is 9.80. The molecular weight excluding hydrogens is 458 g/mol. The molecule has 4 aromatic rings. The van der Waals surface area contributed by atoms with E-state index in [1.807, 2.05) is 0 Å². The quantitative estimate of drug-likeness (QED) is 0.385. The van der Waals surface area contributed by atoms with E-state index in [0.29, 0.717) is 48.6 Å². The van der Waals surface area contributed by atoms with Gasteiger partial charge in [-0.05, 0) is 25.0 Å². The summed E-state index contributed by atoms with van der Waals surface area (Å²) in [5.74, 6) is -1.02. The van der Waals surface area contributed by atoms with Gasteiger partial charge < -0.3 is 14.2 Å². The van der Waals surface area contributed by atoms with Gasteiger partial charge in [0.05, 0.1) is 31.5 Å². The first-order valence-electron chi connectivity index (χ1n) is 11.1. The van der Waals surface area contributed by atoms with E-state index in [2.05, 4.69) is 20.2 Å². The van der Waals surface area contributed by atoms with Gasteiger partial charge in [-0.25, -0.2) is 18.7 Å². The summed E-state index contributed by atoms with van der Waals surface area (Å²) in [7, 11) is 1.36. The molecule has 0 atom stereocenters. The van der Waals surface area contributed by atoms with Gasteiger partial charge in [-0.3, -0.25) is 9.48 Å². The van der Waals surface area contributed by atoms with E-state index < -0.39 is 5.82 Å². The molecule has 1 aromatic carbocycles. The third-order valence-electron chi connectivity index (χ3n) is 6.04. The number of carbonyl (C=O) groups excluding carboxylic acids is 1. The summed E-state index contributed by atoms with van der Waals surface area (Å²) in [5.41, 5.74) is 1.91. The first-order valence-corrected chi connectivity index (χ1v) is 11.1. The van der Waals surface area contributed by atoms with Crippen LogP contribution in [-0.2, 0) is 16.1 Å². The molecule has 4 heterocycles. The van der Waals surface area contributed by atoms with Crippen LogP contribution in [0.1, 0.15) is 18.4 Å². The number of ether oxygens (including phenoxy) is 1. The van der Waals surface area contributed by atoms with E-state index in [4.69, 9.17) is 9.26 Å². The second kappa shape index (κ2) is 9.61. The van der Waals surface area contributed by atoms with Crippen LogP contribution < -0.4 is 4.90 Å². The zero-order valence-corrected chi connectivity index (χ0v) is 18.9. The van der Waals surface area contributed by atoms with Crippen LogP contribution >= 0.6 is 0 Å². The lowest BCUT2D eigenvalue weighted by Gasteiger charge is -2.31. The molecule has 0 unspecified atom stereocenters. The van der Waals surface area contributed by atoms with Gasteiger partial charge in [-0.1, -0.05) is 23.4 Å². The Labute approximate surface area is 199 Å². The van der Waals surface area contributed by atoms with Crippen molar-refractivity contribution in [3.05, 3.63) is 66.1 Å². The highest BCUT2D eigenvalue weighted by Gasteiger charge is 2.28. The summed E-state index contributed by atoms with van der Waals surface area (Å²) < 4.78 is 40.4. The summed E-state index contributed by atoms with van der Waals surface area (Å²) >= 11 is 0. The second-order valence-electron chi connectivity index (χ2n) is 8.20. The van der Waals surface area contributed by atoms with Gasteiger partial charge in [-0.15, -0.1) is 0 Å². The molecule has 0 bridgehead atoms. The number of anilines is 1. The standard InChI is InChI=1S/C24H22F2N6O3/c1-34-24(33)15-6-9-31(10-7-15)23-18(26)13-27-22(28-23)20-12-21(19-8-11-35-30-19)32(29-20)14-16-4-2-3-5-17(16)25/h2-5,8,11-13,15H,6-7,9-10,14H2,1H3. The van der Waals surface area contributed by atoms with E-state index in [9.17, 15) is 13.6 Å². The number of aromatic nitrogens is 5. The number of rotatable bonds is 6. The first-order chi connectivity index (χ1) is 17.0. The fraction of sp³-hybridized carbons (Fsp3) is 0.292. The minimum atomic E-state index is -0.562. The zero-order valence-electron chi connectivity index (χ0n) is 18.9. The Morgan fingerprint density at radius 3 is 2.66 bits per heavy atom. The number of hydrogen-bond donors (Lipinski definition) is 0. The van der Waals surface area contributed by atoms with Crippen LogP contribution in [0.4, 0.5) is 14.6 Å². The molecule has 0 N–H and O–H groups in total. The molecule has 11 heteroatoms. The molecule has 1 saturated heterocycles. The molecule has 0 radical (unpaired) electrons. The predicted octanol–water partition coefficient (Wildman–Crippen LogP) is 3.71. The molecule has 180 valence electrons. The van der Waals surface area contributed by atoms with Crippen LogP contribution in [0, 0.1) is 17.6 Å². The summed E-state index contributed by atoms with van der Waals surface area (Å²) in [5, 5.41) is 8.55. The molecule has 1 fully saturated rings. The topological polar surface area (TPSA) is 99.2 Å². The highest BCUT2D eigenvalue weighted by molar-refractivity contribution is 5.72. The Bertz CT molecular complexity index is 1330. The molecule has 0 aliphatic carbocycles. The molecular formula is C24H22F2N6O3. The van der Waals surface area contributed by atoms with Gasteiger partial charge in [0.2, 0.25) is 0 Å². The van der Waals surface area contributed by atoms with Gasteiger partial charge in [0, 0.05) is 24.7 Å². The minimum Gasteiger partial charge on any atom is -0.469 e. The van der Waals surface area contributed by atoms with Crippen molar-refractivity contribution in [3.8, 4) is 22.9 Å². The van der Waals surface area contributed by atoms with Gasteiger partial charge in [0.25, 0.3) is 0 Å². The maximum absolute atomic E-state index is 14.7. The molecule has 1 aliphatic heterocycles. The summed E-state index contributed by atoms with van der Waals surface area (Å²) in [4.78, 5) is 22.2. The highest BCUT2D eigenvalue weighted by Crippen LogP contribution is 2.29. The molecule has 0 saturated carbocycles. The Balaban J connectivity index is 1.46. The van der Waals surface area contributed by atoms with Crippen molar-refractivity contribution in [1.82, 2.24) is 24.9 Å². The van der Waals surface area contributed by atoms with E-state index >= 15 is 0 Å². The van der Waals surface area contributed by atoms with Crippen molar-refractivity contribution in [2.45, 2.75) is 19.4 Å². The zero-order chi connectivity index (χ0) is 24.4. The lowest BCUT2D eigenvalue weighted by molar-refractivity contribution is -0.146. The van der Waals surface area contributed by atoms with Crippen molar-refractivity contribution in [2.75, 3.05) is 25.1 Å². The number of benzene rings is 1. The molecule has 5 rings (SSSR count). The summed E-state index contributed by atoms with van der Waals surface area (Å²) in [6.07, 6.45) is 3.62. The smallest absolute Gasteiger partial charge is 0.308 e. The summed E-state index contributed by atoms with van der Waals surface area (Å²) in [6.45, 7) is 1.06. The Kier molecular flexibility index (Phi) is 6.21. The third kappa shape index (κ3) is 4.61. The number of esters is 1. The molecule has 0 spiro atoms. The first kappa shape index (κ1) is 22.6. The van der Waals surface area contributed by atoms with Gasteiger partial charge in [0.15, 0.2) is 17.5 Å². The van der Waals surface area contributed by atoms with Gasteiger partial charge in [0.1, 0.15) is 23.5 Å². The fourth-order valence-electron chi connectivity index (χ4n) is 4.18. The SMILES string of the molecule is COC(=O)C1CCN(c2nc(-c3cc(-c4ccon4)n(Cc4ccccc4F)n3)ncc2F)CC1. The van der Waals surface area contributed by atoms with Gasteiger partial charge >= 0.3 is 5.97 Å². The molecule has 0 amide bonds. The van der Waals surface area contributed by atoms with E-state index in [1.165, 1.54) is 19.4 Å². The molecule has 1 aliphatic rings.